The van der Waals surface area contributed by atoms with Gasteiger partial charge in [0, 0.05) is 23.2 Å². The van der Waals surface area contributed by atoms with Gasteiger partial charge in [-0.15, -0.1) is 0 Å². The van der Waals surface area contributed by atoms with E-state index in [1.807, 2.05) is 12.4 Å². The Labute approximate surface area is 154 Å². The first-order valence-electron chi connectivity index (χ1n) is 8.70. The Balaban J connectivity index is 0.000000277. The van der Waals surface area contributed by atoms with Gasteiger partial charge in [-0.1, -0.05) is 12.1 Å². The molecule has 0 saturated heterocycles. The fourth-order valence-corrected chi connectivity index (χ4v) is 4.06. The molecule has 0 spiro atoms. The van der Waals surface area contributed by atoms with E-state index in [1.165, 1.54) is 33.0 Å². The summed E-state index contributed by atoms with van der Waals surface area (Å²) in [4.78, 5) is 9.16. The quantitative estimate of drug-likeness (QED) is 0.332. The summed E-state index contributed by atoms with van der Waals surface area (Å²) in [5, 5.41) is 2.41. The van der Waals surface area contributed by atoms with Gasteiger partial charge in [-0.25, -0.2) is 0 Å². The molecule has 25 heavy (non-hydrogen) atoms. The maximum atomic E-state index is 12.1. The van der Waals surface area contributed by atoms with Crippen molar-refractivity contribution in [3.63, 3.8) is 0 Å². The Bertz CT molecular complexity index is 834. The molecule has 1 aromatic carbocycles. The average molecular weight is 451 g/mol. The molecule has 0 atom stereocenters. The van der Waals surface area contributed by atoms with Gasteiger partial charge in [0.1, 0.15) is 0 Å². The van der Waals surface area contributed by atoms with Crippen LogP contribution < -0.4 is 0 Å². The number of hydrogen-bond donors (Lipinski definition) is 0. The van der Waals surface area contributed by atoms with Crippen LogP contribution in [0.15, 0.2) is 24.5 Å². The fraction of sp³-hybridized carbons (Fsp3) is 0.400. The Kier molecular flexibility index (Phi) is 6.35. The van der Waals surface area contributed by atoms with Crippen LogP contribution in [-0.4, -0.2) is 29.5 Å². The van der Waals surface area contributed by atoms with Crippen molar-refractivity contribution >= 4 is 41.3 Å². The van der Waals surface area contributed by atoms with Gasteiger partial charge in [0.05, 0.1) is 11.0 Å². The van der Waals surface area contributed by atoms with Crippen LogP contribution in [0.2, 0.25) is 8.87 Å². The minimum atomic E-state index is -4.28. The van der Waals surface area contributed by atoms with Gasteiger partial charge in [0.2, 0.25) is 0 Å². The Hall–Kier alpha value is -1.30. The summed E-state index contributed by atoms with van der Waals surface area (Å²) in [6.45, 7) is 11.6. The van der Waals surface area contributed by atoms with E-state index in [0.717, 1.165) is 11.0 Å². The average Bonchev–Trinajstić information content (AvgIpc) is 2.61. The van der Waals surface area contributed by atoms with Crippen molar-refractivity contribution in [1.29, 1.82) is 0 Å². The third-order valence-corrected chi connectivity index (χ3v) is 10.9. The van der Waals surface area contributed by atoms with E-state index in [9.17, 15) is 5.73 Å². The first-order chi connectivity index (χ1) is 11.7. The van der Waals surface area contributed by atoms with E-state index in [0.29, 0.717) is 0 Å². The van der Waals surface area contributed by atoms with E-state index < -0.39 is 19.5 Å². The van der Waals surface area contributed by atoms with Gasteiger partial charge in [-0.3, -0.25) is 9.97 Å². The van der Waals surface area contributed by atoms with Crippen LogP contribution in [0.3, 0.4) is 0 Å². The molecule has 2 heterocycles. The third kappa shape index (κ3) is 4.27. The van der Waals surface area contributed by atoms with Crippen LogP contribution in [0.4, 0.5) is 5.73 Å². The predicted molar refractivity (Wildman–Crippen MR) is 105 cm³/mol. The van der Waals surface area contributed by atoms with Gasteiger partial charge >= 0.3 is 48.0 Å². The molecule has 0 fully saturated rings. The number of pyridine rings is 2. The van der Waals surface area contributed by atoms with E-state index >= 15 is 0 Å². The minimum absolute atomic E-state index is 0.172. The topological polar surface area (TPSA) is 25.8 Å². The number of hydrogen-bond acceptors (Lipinski definition) is 2. The number of rotatable bonds is 2. The summed E-state index contributed by atoms with van der Waals surface area (Å²) in [6, 6.07) is 4.34. The zero-order chi connectivity index (χ0) is 18.8. The monoisotopic (exact) mass is 452 g/mol. The minimum Gasteiger partial charge on any atom is -0.254 e. The Morgan fingerprint density at radius 2 is 1.12 bits per heavy atom. The molecule has 2 aromatic heterocycles. The molecule has 0 saturated carbocycles. The van der Waals surface area contributed by atoms with Crippen molar-refractivity contribution in [3.8, 4) is 0 Å². The normalized spacial score (nSPS) is 11.5. The van der Waals surface area contributed by atoms with Crippen molar-refractivity contribution in [2.24, 2.45) is 0 Å². The molecular formula is C20H26F2N2Sn. The number of nitrogens with zero attached hydrogens (tertiary/aromatic N) is 2. The SMILES string of the molecule is C[CH2][Sn]([F])([F])[CH2]C.Cc1cnc2c(ccc3c(C)c(C)cnc32)c1C. The van der Waals surface area contributed by atoms with Crippen LogP contribution in [0.25, 0.3) is 21.8 Å². The van der Waals surface area contributed by atoms with Crippen molar-refractivity contribution < 1.29 is 5.73 Å². The van der Waals surface area contributed by atoms with Gasteiger partial charge in [-0.05, 0) is 49.9 Å². The summed E-state index contributed by atoms with van der Waals surface area (Å²) >= 11 is -4.28. The molecule has 134 valence electrons. The van der Waals surface area contributed by atoms with Crippen LogP contribution in [0.1, 0.15) is 36.1 Å². The molecule has 0 aliphatic carbocycles. The zero-order valence-corrected chi connectivity index (χ0v) is 18.7. The molecule has 5 heteroatoms. The largest absolute Gasteiger partial charge is 0.254 e. The molecule has 3 aromatic rings. The van der Waals surface area contributed by atoms with Crippen molar-refractivity contribution in [2.75, 3.05) is 0 Å². The molecule has 2 nitrogen and oxygen atoms in total. The van der Waals surface area contributed by atoms with Crippen molar-refractivity contribution in [3.05, 3.63) is 46.8 Å². The molecule has 0 unspecified atom stereocenters. The van der Waals surface area contributed by atoms with Gasteiger partial charge in [0.15, 0.2) is 0 Å². The zero-order valence-electron chi connectivity index (χ0n) is 15.9. The summed E-state index contributed by atoms with van der Waals surface area (Å²) < 4.78 is 24.5. The first kappa shape index (κ1) is 20.0. The van der Waals surface area contributed by atoms with E-state index in [2.05, 4.69) is 49.8 Å². The van der Waals surface area contributed by atoms with Gasteiger partial charge in [-0.2, -0.15) is 0 Å². The van der Waals surface area contributed by atoms with Crippen LogP contribution in [0, 0.1) is 27.7 Å². The summed E-state index contributed by atoms with van der Waals surface area (Å²) in [7, 11) is 0. The summed E-state index contributed by atoms with van der Waals surface area (Å²) in [5.41, 5.74) is 7.07. The number of fused-ring (bicyclic) bond motifs is 3. The third-order valence-electron chi connectivity index (χ3n) is 4.95. The Morgan fingerprint density at radius 1 is 0.760 bits per heavy atom. The number of halogens is 2. The molecular weight excluding hydrogens is 425 g/mol. The second-order valence-electron chi connectivity index (χ2n) is 6.55. The predicted octanol–water partition coefficient (Wildman–Crippen LogP) is 6.42. The van der Waals surface area contributed by atoms with E-state index in [1.54, 1.807) is 13.8 Å². The maximum Gasteiger partial charge on any atom is 0.0967 e. The number of benzene rings is 1. The number of aryl methyl sites for hydroxylation is 4. The number of aromatic nitrogens is 2. The second kappa shape index (κ2) is 7.94. The van der Waals surface area contributed by atoms with Crippen LogP contribution in [0.5, 0.6) is 0 Å². The van der Waals surface area contributed by atoms with Gasteiger partial charge in [0.25, 0.3) is 0 Å². The maximum absolute atomic E-state index is 12.1. The summed E-state index contributed by atoms with van der Waals surface area (Å²) in [6.07, 6.45) is 3.88. The molecule has 0 aliphatic heterocycles. The van der Waals surface area contributed by atoms with Crippen molar-refractivity contribution in [2.45, 2.75) is 50.4 Å². The van der Waals surface area contributed by atoms with E-state index in [4.69, 9.17) is 0 Å². The van der Waals surface area contributed by atoms with Gasteiger partial charge < -0.3 is 0 Å². The molecule has 0 amide bonds. The molecule has 0 aliphatic rings. The molecule has 0 bridgehead atoms. The molecule has 3 rings (SSSR count). The summed E-state index contributed by atoms with van der Waals surface area (Å²) in [5.74, 6) is 0. The smallest absolute Gasteiger partial charge is 0.0967 e. The second-order valence-corrected chi connectivity index (χ2v) is 15.5. The van der Waals surface area contributed by atoms with Crippen molar-refractivity contribution in [1.82, 2.24) is 9.97 Å². The van der Waals surface area contributed by atoms with Crippen LogP contribution >= 0.6 is 0 Å². The van der Waals surface area contributed by atoms with Crippen LogP contribution in [-0.2, 0) is 0 Å². The fourth-order valence-electron chi connectivity index (χ4n) is 2.64. The standard InChI is InChI=1S/C16H16N2.2C2H5.2FH.Sn/c1-9-7-17-15-13(11(9)3)5-6-14-12(4)10(2)8-18-16(14)15;2*1-2;;;/h5-8H,1-4H3;2*1H2,2H3;2*1H;/q;;;;;+2/p-2. The van der Waals surface area contributed by atoms with E-state index in [-0.39, 0.29) is 8.87 Å². The molecule has 0 N–H and O–H groups in total. The molecule has 0 radical (unpaired) electrons. The first-order valence-corrected chi connectivity index (χ1v) is 14.9. The Morgan fingerprint density at radius 3 is 1.40 bits per heavy atom.